The third kappa shape index (κ3) is 3.76. The van der Waals surface area contributed by atoms with Crippen molar-refractivity contribution in [3.63, 3.8) is 0 Å². The maximum Gasteiger partial charge on any atom is 0.339 e. The summed E-state index contributed by atoms with van der Waals surface area (Å²) in [5.41, 5.74) is 1.34. The van der Waals surface area contributed by atoms with E-state index in [9.17, 15) is 24.5 Å². The number of rotatable bonds is 4. The van der Waals surface area contributed by atoms with Crippen molar-refractivity contribution in [1.82, 2.24) is 4.57 Å². The SMILES string of the molecule is COC(=O)c1cc([N+](=O)[O-])c(=O)n(CC(=O)N2c3ccccc3CCc3ccccc32)c1. The lowest BCUT2D eigenvalue weighted by Gasteiger charge is -2.25. The fraction of sp³-hybridized carbons (Fsp3) is 0.174. The maximum atomic E-state index is 13.5. The van der Waals surface area contributed by atoms with Crippen LogP contribution >= 0.6 is 0 Å². The van der Waals surface area contributed by atoms with Crippen LogP contribution in [0, 0.1) is 10.1 Å². The summed E-state index contributed by atoms with van der Waals surface area (Å²) in [4.78, 5) is 50.1. The zero-order valence-electron chi connectivity index (χ0n) is 17.2. The molecule has 0 N–H and O–H groups in total. The Morgan fingerprint density at radius 1 is 1.03 bits per heavy atom. The largest absolute Gasteiger partial charge is 0.465 e. The van der Waals surface area contributed by atoms with E-state index in [4.69, 9.17) is 0 Å². The number of benzene rings is 2. The van der Waals surface area contributed by atoms with E-state index in [1.807, 2.05) is 48.5 Å². The van der Waals surface area contributed by atoms with Crippen molar-refractivity contribution in [2.45, 2.75) is 19.4 Å². The molecule has 0 atom stereocenters. The van der Waals surface area contributed by atoms with Crippen LogP contribution in [0.4, 0.5) is 17.1 Å². The summed E-state index contributed by atoms with van der Waals surface area (Å²) < 4.78 is 5.50. The standard InChI is InChI=1S/C23H19N3O6/c1-32-23(29)17-12-20(26(30)31)22(28)24(13-17)14-21(27)25-18-8-4-2-6-15(18)10-11-16-7-3-5-9-19(16)25/h2-9,12-13H,10-11,14H2,1H3. The van der Waals surface area contributed by atoms with Gasteiger partial charge in [-0.2, -0.15) is 0 Å². The van der Waals surface area contributed by atoms with Crippen molar-refractivity contribution in [1.29, 1.82) is 0 Å². The lowest BCUT2D eigenvalue weighted by atomic mass is 10.0. The normalized spacial score (nSPS) is 12.3. The molecule has 1 amide bonds. The van der Waals surface area contributed by atoms with Gasteiger partial charge in [-0.3, -0.25) is 29.2 Å². The summed E-state index contributed by atoms with van der Waals surface area (Å²) in [6.45, 7) is -0.493. The van der Waals surface area contributed by atoms with Crippen LogP contribution in [0.25, 0.3) is 0 Å². The first kappa shape index (κ1) is 21.0. The molecule has 4 rings (SSSR count). The summed E-state index contributed by atoms with van der Waals surface area (Å²) >= 11 is 0. The van der Waals surface area contributed by atoms with Crippen molar-refractivity contribution in [2.24, 2.45) is 0 Å². The molecule has 1 aliphatic heterocycles. The van der Waals surface area contributed by atoms with Gasteiger partial charge in [0.1, 0.15) is 6.54 Å². The van der Waals surface area contributed by atoms with E-state index in [2.05, 4.69) is 4.74 Å². The molecule has 2 heterocycles. The van der Waals surface area contributed by atoms with Crippen LogP contribution in [0.1, 0.15) is 21.5 Å². The van der Waals surface area contributed by atoms with Gasteiger partial charge >= 0.3 is 17.2 Å². The van der Waals surface area contributed by atoms with Gasteiger partial charge in [-0.25, -0.2) is 4.79 Å². The molecule has 9 nitrogen and oxygen atoms in total. The molecule has 0 aliphatic carbocycles. The molecule has 2 aromatic carbocycles. The molecule has 1 aliphatic rings. The number of methoxy groups -OCH3 is 1. The van der Waals surface area contributed by atoms with E-state index in [0.29, 0.717) is 11.4 Å². The number of hydrogen-bond donors (Lipinski definition) is 0. The van der Waals surface area contributed by atoms with Crippen molar-refractivity contribution in [3.8, 4) is 0 Å². The summed E-state index contributed by atoms with van der Waals surface area (Å²) in [5.74, 6) is -1.31. The van der Waals surface area contributed by atoms with Crippen molar-refractivity contribution >= 4 is 28.9 Å². The van der Waals surface area contributed by atoms with E-state index in [1.165, 1.54) is 4.90 Å². The number of para-hydroxylation sites is 2. The van der Waals surface area contributed by atoms with Crippen LogP contribution in [-0.4, -0.2) is 28.5 Å². The van der Waals surface area contributed by atoms with Crippen LogP contribution in [0.5, 0.6) is 0 Å². The zero-order valence-corrected chi connectivity index (χ0v) is 17.2. The lowest BCUT2D eigenvalue weighted by Crippen LogP contribution is -2.35. The molecular formula is C23H19N3O6. The minimum absolute atomic E-state index is 0.191. The third-order valence-electron chi connectivity index (χ3n) is 5.37. The first-order valence-corrected chi connectivity index (χ1v) is 9.86. The molecular weight excluding hydrogens is 414 g/mol. The topological polar surface area (TPSA) is 112 Å². The molecule has 32 heavy (non-hydrogen) atoms. The van der Waals surface area contributed by atoms with Gasteiger partial charge in [-0.15, -0.1) is 0 Å². The fourth-order valence-corrected chi connectivity index (χ4v) is 3.86. The van der Waals surface area contributed by atoms with Crippen LogP contribution in [0.3, 0.4) is 0 Å². The van der Waals surface area contributed by atoms with Crippen LogP contribution in [0.2, 0.25) is 0 Å². The van der Waals surface area contributed by atoms with Gasteiger partial charge in [0, 0.05) is 12.3 Å². The Labute approximate surface area is 182 Å². The predicted octanol–water partition coefficient (Wildman–Crippen LogP) is 3.01. The monoisotopic (exact) mass is 433 g/mol. The molecule has 162 valence electrons. The van der Waals surface area contributed by atoms with E-state index >= 15 is 0 Å². The Morgan fingerprint density at radius 2 is 1.59 bits per heavy atom. The van der Waals surface area contributed by atoms with Crippen LogP contribution in [0.15, 0.2) is 65.6 Å². The Bertz CT molecular complexity index is 1250. The molecule has 0 saturated carbocycles. The number of anilines is 2. The number of carbonyl (C=O) groups excluding carboxylic acids is 2. The Kier molecular flexibility index (Phi) is 5.55. The third-order valence-corrected chi connectivity index (χ3v) is 5.37. The minimum Gasteiger partial charge on any atom is -0.465 e. The zero-order chi connectivity index (χ0) is 22.8. The molecule has 0 bridgehead atoms. The van der Waals surface area contributed by atoms with E-state index in [-0.39, 0.29) is 5.56 Å². The first-order chi connectivity index (χ1) is 15.4. The van der Waals surface area contributed by atoms with Crippen molar-refractivity contribution in [3.05, 3.63) is 98.0 Å². The number of pyridine rings is 1. The van der Waals surface area contributed by atoms with E-state index < -0.39 is 34.6 Å². The van der Waals surface area contributed by atoms with Gasteiger partial charge in [0.15, 0.2) is 0 Å². The second kappa shape index (κ2) is 8.46. The molecule has 9 heteroatoms. The average Bonchev–Trinajstić information content (AvgIpc) is 2.96. The minimum atomic E-state index is -0.979. The number of amides is 1. The summed E-state index contributed by atoms with van der Waals surface area (Å²) in [5, 5.41) is 11.3. The van der Waals surface area contributed by atoms with Crippen LogP contribution < -0.4 is 10.5 Å². The fourth-order valence-electron chi connectivity index (χ4n) is 3.86. The number of fused-ring (bicyclic) bond motifs is 2. The van der Waals surface area contributed by atoms with Crippen molar-refractivity contribution < 1.29 is 19.2 Å². The molecule has 0 saturated heterocycles. The number of aromatic nitrogens is 1. The molecule has 0 spiro atoms. The second-order valence-electron chi connectivity index (χ2n) is 7.28. The average molecular weight is 433 g/mol. The number of esters is 1. The molecule has 3 aromatic rings. The van der Waals surface area contributed by atoms with Gasteiger partial charge in [-0.05, 0) is 36.1 Å². The van der Waals surface area contributed by atoms with Gasteiger partial charge in [0.2, 0.25) is 0 Å². The van der Waals surface area contributed by atoms with Crippen molar-refractivity contribution in [2.75, 3.05) is 12.0 Å². The lowest BCUT2D eigenvalue weighted by molar-refractivity contribution is -0.386. The molecule has 0 radical (unpaired) electrons. The second-order valence-corrected chi connectivity index (χ2v) is 7.28. The summed E-state index contributed by atoms with van der Waals surface area (Å²) in [7, 11) is 1.12. The Morgan fingerprint density at radius 3 is 2.12 bits per heavy atom. The van der Waals surface area contributed by atoms with Gasteiger partial charge in [0.05, 0.1) is 29.0 Å². The van der Waals surface area contributed by atoms with Gasteiger partial charge in [-0.1, -0.05) is 36.4 Å². The van der Waals surface area contributed by atoms with E-state index in [0.717, 1.165) is 47.9 Å². The first-order valence-electron chi connectivity index (χ1n) is 9.86. The smallest absolute Gasteiger partial charge is 0.339 e. The Hall–Kier alpha value is -4.27. The molecule has 0 fully saturated rings. The molecule has 1 aromatic heterocycles. The van der Waals surface area contributed by atoms with E-state index in [1.54, 1.807) is 0 Å². The van der Waals surface area contributed by atoms with Gasteiger partial charge < -0.3 is 4.74 Å². The quantitative estimate of drug-likeness (QED) is 0.355. The number of aryl methyl sites for hydroxylation is 2. The molecule has 0 unspecified atom stereocenters. The summed E-state index contributed by atoms with van der Waals surface area (Å²) in [6, 6.07) is 15.8. The number of nitro groups is 1. The number of ether oxygens (including phenoxy) is 1. The highest BCUT2D eigenvalue weighted by Gasteiger charge is 2.27. The maximum absolute atomic E-state index is 13.5. The highest BCUT2D eigenvalue weighted by atomic mass is 16.6. The summed E-state index contributed by atoms with van der Waals surface area (Å²) in [6.07, 6.45) is 2.58. The Balaban J connectivity index is 1.82. The number of nitrogens with zero attached hydrogens (tertiary/aromatic N) is 3. The highest BCUT2D eigenvalue weighted by Crippen LogP contribution is 2.36. The highest BCUT2D eigenvalue weighted by molar-refractivity contribution is 6.02. The predicted molar refractivity (Wildman–Crippen MR) is 116 cm³/mol. The number of hydrogen-bond acceptors (Lipinski definition) is 6. The number of carbonyl (C=O) groups is 2. The van der Waals surface area contributed by atoms with Crippen LogP contribution in [-0.2, 0) is 28.9 Å². The van der Waals surface area contributed by atoms with Gasteiger partial charge in [0.25, 0.3) is 5.91 Å².